The summed E-state index contributed by atoms with van der Waals surface area (Å²) in [5, 5.41) is 15.1. The average Bonchev–Trinajstić information content (AvgIpc) is 3.08. The fourth-order valence-electron chi connectivity index (χ4n) is 2.80. The third kappa shape index (κ3) is 5.76. The van der Waals surface area contributed by atoms with Crippen LogP contribution in [0.1, 0.15) is 29.5 Å². The van der Waals surface area contributed by atoms with Gasteiger partial charge in [0.25, 0.3) is 0 Å². The third-order valence-corrected chi connectivity index (χ3v) is 5.00. The van der Waals surface area contributed by atoms with Crippen LogP contribution in [0.3, 0.4) is 0 Å². The molecule has 26 heavy (non-hydrogen) atoms. The summed E-state index contributed by atoms with van der Waals surface area (Å²) in [6, 6.07) is 8.05. The first-order valence-corrected chi connectivity index (χ1v) is 9.79. The third-order valence-electron chi connectivity index (χ3n) is 4.11. The normalized spacial score (nSPS) is 15.0. The van der Waals surface area contributed by atoms with Crippen LogP contribution in [-0.4, -0.2) is 47.4 Å². The zero-order chi connectivity index (χ0) is 18.2. The summed E-state index contributed by atoms with van der Waals surface area (Å²) in [6.07, 6.45) is 1.90. The van der Waals surface area contributed by atoms with Crippen molar-refractivity contribution >= 4 is 22.5 Å². The molecule has 2 amide bonds. The number of morpholine rings is 1. The molecule has 1 fully saturated rings. The van der Waals surface area contributed by atoms with E-state index in [1.54, 1.807) is 0 Å². The van der Waals surface area contributed by atoms with Gasteiger partial charge in [0.2, 0.25) is 5.13 Å². The van der Waals surface area contributed by atoms with E-state index in [0.717, 1.165) is 56.3 Å². The lowest BCUT2D eigenvalue weighted by molar-refractivity contribution is 0.0342. The van der Waals surface area contributed by atoms with E-state index in [-0.39, 0.29) is 6.03 Å². The highest BCUT2D eigenvalue weighted by atomic mass is 32.1. The van der Waals surface area contributed by atoms with Gasteiger partial charge >= 0.3 is 6.03 Å². The van der Waals surface area contributed by atoms with Gasteiger partial charge in [0, 0.05) is 32.6 Å². The predicted molar refractivity (Wildman–Crippen MR) is 102 cm³/mol. The molecule has 0 aliphatic carbocycles. The number of hydrogen-bond acceptors (Lipinski definition) is 6. The van der Waals surface area contributed by atoms with Crippen LogP contribution in [0.5, 0.6) is 0 Å². The van der Waals surface area contributed by atoms with Crippen LogP contribution in [0, 0.1) is 0 Å². The summed E-state index contributed by atoms with van der Waals surface area (Å²) >= 11 is 1.42. The number of benzene rings is 1. The van der Waals surface area contributed by atoms with Gasteiger partial charge in [-0.25, -0.2) is 4.79 Å². The Morgan fingerprint density at radius 2 is 2.08 bits per heavy atom. The first kappa shape index (κ1) is 18.8. The molecule has 2 N–H and O–H groups in total. The van der Waals surface area contributed by atoms with Gasteiger partial charge in [-0.15, -0.1) is 10.2 Å². The van der Waals surface area contributed by atoms with Crippen molar-refractivity contribution in [1.29, 1.82) is 0 Å². The summed E-state index contributed by atoms with van der Waals surface area (Å²) in [4.78, 5) is 14.4. The Kier molecular flexibility index (Phi) is 6.93. The fraction of sp³-hybridized carbons (Fsp3) is 0.500. The Hall–Kier alpha value is -2.03. The van der Waals surface area contributed by atoms with E-state index in [9.17, 15) is 4.79 Å². The molecular weight excluding hydrogens is 350 g/mol. The van der Waals surface area contributed by atoms with Crippen molar-refractivity contribution in [2.45, 2.75) is 32.9 Å². The lowest BCUT2D eigenvalue weighted by atomic mass is 10.1. The van der Waals surface area contributed by atoms with Crippen molar-refractivity contribution in [2.75, 3.05) is 31.6 Å². The number of carbonyl (C=O) groups is 1. The van der Waals surface area contributed by atoms with Gasteiger partial charge in [0.05, 0.1) is 13.2 Å². The molecule has 2 heterocycles. The number of hydrogen-bond donors (Lipinski definition) is 2. The minimum Gasteiger partial charge on any atom is -0.379 e. The summed E-state index contributed by atoms with van der Waals surface area (Å²) in [7, 11) is 0. The van der Waals surface area contributed by atoms with Crippen LogP contribution >= 0.6 is 11.3 Å². The summed E-state index contributed by atoms with van der Waals surface area (Å²) in [5.41, 5.74) is 2.33. The van der Waals surface area contributed by atoms with Crippen LogP contribution < -0.4 is 10.6 Å². The van der Waals surface area contributed by atoms with Gasteiger partial charge in [-0.1, -0.05) is 42.5 Å². The van der Waals surface area contributed by atoms with Crippen LogP contribution in [0.15, 0.2) is 24.3 Å². The zero-order valence-electron chi connectivity index (χ0n) is 15.0. The molecule has 140 valence electrons. The second-order valence-electron chi connectivity index (χ2n) is 6.27. The van der Waals surface area contributed by atoms with Gasteiger partial charge in [-0.05, 0) is 17.5 Å². The molecule has 0 spiro atoms. The summed E-state index contributed by atoms with van der Waals surface area (Å²) in [6.45, 7) is 7.01. The number of amides is 2. The molecule has 1 saturated heterocycles. The highest BCUT2D eigenvalue weighted by molar-refractivity contribution is 7.15. The Labute approximate surface area is 157 Å². The first-order chi connectivity index (χ1) is 12.7. The first-order valence-electron chi connectivity index (χ1n) is 8.98. The zero-order valence-corrected chi connectivity index (χ0v) is 15.8. The van der Waals surface area contributed by atoms with Gasteiger partial charge in [0.15, 0.2) is 0 Å². The highest BCUT2D eigenvalue weighted by Crippen LogP contribution is 2.16. The number of urea groups is 1. The van der Waals surface area contributed by atoms with E-state index < -0.39 is 0 Å². The molecule has 7 nitrogen and oxygen atoms in total. The maximum absolute atomic E-state index is 12.0. The predicted octanol–water partition coefficient (Wildman–Crippen LogP) is 2.64. The maximum atomic E-state index is 12.0. The van der Waals surface area contributed by atoms with Crippen LogP contribution in [0.4, 0.5) is 9.93 Å². The molecule has 1 aliphatic rings. The quantitative estimate of drug-likeness (QED) is 0.778. The topological polar surface area (TPSA) is 79.4 Å². The number of nitrogens with zero attached hydrogens (tertiary/aromatic N) is 3. The summed E-state index contributed by atoms with van der Waals surface area (Å²) in [5.74, 6) is 0. The number of anilines is 1. The molecular formula is C18H25N5O2S. The Balaban J connectivity index is 1.47. The number of nitrogens with one attached hydrogen (secondary N) is 2. The highest BCUT2D eigenvalue weighted by Gasteiger charge is 2.11. The second kappa shape index (κ2) is 9.61. The second-order valence-corrected chi connectivity index (χ2v) is 7.33. The number of ether oxygens (including phenoxy) is 1. The van der Waals surface area contributed by atoms with E-state index in [1.807, 2.05) is 12.1 Å². The fourth-order valence-corrected chi connectivity index (χ4v) is 3.63. The van der Waals surface area contributed by atoms with Crippen LogP contribution in [0.25, 0.3) is 0 Å². The molecule has 8 heteroatoms. The Morgan fingerprint density at radius 3 is 2.88 bits per heavy atom. The maximum Gasteiger partial charge on any atom is 0.321 e. The standard InChI is InChI=1S/C18H25N5O2S/c1-2-4-16-21-22-18(26-16)20-17(24)19-12-14-5-3-6-15(11-14)13-23-7-9-25-10-8-23/h3,5-6,11H,2,4,7-10,12-13H2,1H3,(H2,19,20,22,24). The molecule has 0 bridgehead atoms. The molecule has 0 unspecified atom stereocenters. The van der Waals surface area contributed by atoms with E-state index in [2.05, 4.69) is 44.8 Å². The largest absolute Gasteiger partial charge is 0.379 e. The van der Waals surface area contributed by atoms with Crippen molar-refractivity contribution in [2.24, 2.45) is 0 Å². The van der Waals surface area contributed by atoms with Crippen LogP contribution in [-0.2, 0) is 24.2 Å². The van der Waals surface area contributed by atoms with Crippen molar-refractivity contribution < 1.29 is 9.53 Å². The SMILES string of the molecule is CCCc1nnc(NC(=O)NCc2cccc(CN3CCOCC3)c2)s1. The lowest BCUT2D eigenvalue weighted by Gasteiger charge is -2.26. The number of aryl methyl sites for hydroxylation is 1. The van der Waals surface area contributed by atoms with E-state index >= 15 is 0 Å². The van der Waals surface area contributed by atoms with Crippen molar-refractivity contribution in [3.05, 3.63) is 40.4 Å². The van der Waals surface area contributed by atoms with E-state index in [1.165, 1.54) is 16.9 Å². The molecule has 3 rings (SSSR count). The average molecular weight is 375 g/mol. The molecule has 0 radical (unpaired) electrons. The van der Waals surface area contributed by atoms with E-state index in [4.69, 9.17) is 4.74 Å². The minimum atomic E-state index is -0.261. The molecule has 2 aromatic rings. The molecule has 0 atom stereocenters. The lowest BCUT2D eigenvalue weighted by Crippen LogP contribution is -2.35. The van der Waals surface area contributed by atoms with Crippen molar-refractivity contribution in [3.63, 3.8) is 0 Å². The minimum absolute atomic E-state index is 0.261. The van der Waals surface area contributed by atoms with Crippen LogP contribution in [0.2, 0.25) is 0 Å². The van der Waals surface area contributed by atoms with Crippen molar-refractivity contribution in [1.82, 2.24) is 20.4 Å². The molecule has 1 aliphatic heterocycles. The van der Waals surface area contributed by atoms with E-state index in [0.29, 0.717) is 11.7 Å². The smallest absolute Gasteiger partial charge is 0.321 e. The number of aromatic nitrogens is 2. The van der Waals surface area contributed by atoms with Gasteiger partial charge in [0.1, 0.15) is 5.01 Å². The number of rotatable bonds is 7. The Morgan fingerprint density at radius 1 is 1.27 bits per heavy atom. The Bertz CT molecular complexity index is 715. The molecule has 0 saturated carbocycles. The van der Waals surface area contributed by atoms with Gasteiger partial charge in [-0.3, -0.25) is 10.2 Å². The number of carbonyl (C=O) groups excluding carboxylic acids is 1. The molecule has 1 aromatic heterocycles. The molecule has 1 aromatic carbocycles. The van der Waals surface area contributed by atoms with Gasteiger partial charge in [-0.2, -0.15) is 0 Å². The van der Waals surface area contributed by atoms with Crippen molar-refractivity contribution in [3.8, 4) is 0 Å². The monoisotopic (exact) mass is 375 g/mol. The summed E-state index contributed by atoms with van der Waals surface area (Å²) < 4.78 is 5.39. The van der Waals surface area contributed by atoms with Gasteiger partial charge < -0.3 is 10.1 Å².